The van der Waals surface area contributed by atoms with Crippen LogP contribution >= 0.6 is 0 Å². The summed E-state index contributed by atoms with van der Waals surface area (Å²) in [5.74, 6) is -0.218. The number of ketones is 1. The van der Waals surface area contributed by atoms with Gasteiger partial charge in [-0.05, 0) is 17.7 Å². The molecule has 1 N–H and O–H groups in total. The number of aromatic amines is 1. The molecule has 0 fully saturated rings. The van der Waals surface area contributed by atoms with Gasteiger partial charge in [-0.3, -0.25) is 4.79 Å². The summed E-state index contributed by atoms with van der Waals surface area (Å²) in [4.78, 5) is 29.0. The monoisotopic (exact) mass is 198 g/mol. The number of carbonyl (C=O) groups is 1. The van der Waals surface area contributed by atoms with Gasteiger partial charge in [-0.1, -0.05) is 18.2 Å². The average Bonchev–Trinajstić information content (AvgIpc) is 2.23. The molecule has 0 amide bonds. The lowest BCUT2D eigenvalue weighted by molar-refractivity contribution is 0.104. The van der Waals surface area contributed by atoms with Crippen LogP contribution in [0.25, 0.3) is 17.0 Å². The highest BCUT2D eigenvalue weighted by Crippen LogP contribution is 2.24. The SMILES string of the molecule is O=C1C=Cc2cccc3[nH]c(=O)nc1c23. The molecule has 2 aromatic rings. The van der Waals surface area contributed by atoms with Crippen LogP contribution in [-0.2, 0) is 0 Å². The van der Waals surface area contributed by atoms with Crippen molar-refractivity contribution in [2.45, 2.75) is 0 Å². The first kappa shape index (κ1) is 8.11. The van der Waals surface area contributed by atoms with Crippen LogP contribution in [0.15, 0.2) is 29.1 Å². The summed E-state index contributed by atoms with van der Waals surface area (Å²) in [6.07, 6.45) is 3.17. The van der Waals surface area contributed by atoms with Crippen molar-refractivity contribution in [3.05, 3.63) is 46.0 Å². The number of H-pyrrole nitrogens is 1. The van der Waals surface area contributed by atoms with Crippen molar-refractivity contribution < 1.29 is 4.79 Å². The number of benzene rings is 1. The maximum Gasteiger partial charge on any atom is 0.346 e. The molecule has 72 valence electrons. The van der Waals surface area contributed by atoms with Gasteiger partial charge >= 0.3 is 5.69 Å². The van der Waals surface area contributed by atoms with E-state index in [-0.39, 0.29) is 11.5 Å². The maximum absolute atomic E-state index is 11.5. The number of rotatable bonds is 0. The molecule has 0 aliphatic heterocycles. The lowest BCUT2D eigenvalue weighted by Gasteiger charge is -2.09. The normalized spacial score (nSPS) is 13.5. The van der Waals surface area contributed by atoms with Crippen molar-refractivity contribution in [2.24, 2.45) is 0 Å². The zero-order valence-electron chi connectivity index (χ0n) is 7.65. The van der Waals surface area contributed by atoms with E-state index in [4.69, 9.17) is 0 Å². The van der Waals surface area contributed by atoms with Gasteiger partial charge in [0.25, 0.3) is 0 Å². The molecular formula is C11H6N2O2. The first-order valence-electron chi connectivity index (χ1n) is 4.51. The number of nitrogens with one attached hydrogen (secondary N) is 1. The van der Waals surface area contributed by atoms with E-state index in [1.54, 1.807) is 12.1 Å². The number of allylic oxidation sites excluding steroid dienone is 1. The molecule has 1 heterocycles. The van der Waals surface area contributed by atoms with Gasteiger partial charge in [0, 0.05) is 5.39 Å². The Hall–Kier alpha value is -2.23. The van der Waals surface area contributed by atoms with Crippen molar-refractivity contribution in [1.82, 2.24) is 9.97 Å². The predicted molar refractivity (Wildman–Crippen MR) is 55.7 cm³/mol. The average molecular weight is 198 g/mol. The van der Waals surface area contributed by atoms with Crippen molar-refractivity contribution in [3.63, 3.8) is 0 Å². The Morgan fingerprint density at radius 2 is 2.00 bits per heavy atom. The summed E-state index contributed by atoms with van der Waals surface area (Å²) in [5, 5.41) is 0.726. The van der Waals surface area contributed by atoms with E-state index in [1.165, 1.54) is 6.08 Å². The molecule has 0 spiro atoms. The predicted octanol–water partition coefficient (Wildman–Crippen LogP) is 1.13. The fourth-order valence-electron chi connectivity index (χ4n) is 1.80. The Morgan fingerprint density at radius 3 is 2.87 bits per heavy atom. The van der Waals surface area contributed by atoms with Crippen LogP contribution in [0, 0.1) is 0 Å². The topological polar surface area (TPSA) is 62.8 Å². The molecule has 1 aromatic carbocycles. The lowest BCUT2D eigenvalue weighted by atomic mass is 9.99. The zero-order chi connectivity index (χ0) is 10.4. The van der Waals surface area contributed by atoms with Gasteiger partial charge < -0.3 is 4.98 Å². The van der Waals surface area contributed by atoms with Gasteiger partial charge in [0.15, 0.2) is 0 Å². The van der Waals surface area contributed by atoms with Gasteiger partial charge in [0.05, 0.1) is 5.52 Å². The minimum Gasteiger partial charge on any atom is -0.305 e. The second-order valence-corrected chi connectivity index (χ2v) is 3.36. The van der Waals surface area contributed by atoms with E-state index in [0.29, 0.717) is 5.52 Å². The van der Waals surface area contributed by atoms with Crippen LogP contribution in [0.5, 0.6) is 0 Å². The zero-order valence-corrected chi connectivity index (χ0v) is 7.65. The van der Waals surface area contributed by atoms with E-state index in [2.05, 4.69) is 9.97 Å². The summed E-state index contributed by atoms with van der Waals surface area (Å²) >= 11 is 0. The molecular weight excluding hydrogens is 192 g/mol. The highest BCUT2D eigenvalue weighted by Gasteiger charge is 2.16. The largest absolute Gasteiger partial charge is 0.346 e. The molecule has 0 radical (unpaired) electrons. The number of hydrogen-bond donors (Lipinski definition) is 1. The summed E-state index contributed by atoms with van der Waals surface area (Å²) in [6, 6.07) is 5.48. The molecule has 1 aliphatic carbocycles. The van der Waals surface area contributed by atoms with E-state index >= 15 is 0 Å². The van der Waals surface area contributed by atoms with Gasteiger partial charge in [0.2, 0.25) is 5.78 Å². The second kappa shape index (κ2) is 2.63. The van der Waals surface area contributed by atoms with Crippen LogP contribution in [0.3, 0.4) is 0 Å². The molecule has 0 atom stereocenters. The summed E-state index contributed by atoms with van der Waals surface area (Å²) < 4.78 is 0. The van der Waals surface area contributed by atoms with Crippen LogP contribution in [0.1, 0.15) is 16.1 Å². The molecule has 3 rings (SSSR count). The smallest absolute Gasteiger partial charge is 0.305 e. The summed E-state index contributed by atoms with van der Waals surface area (Å²) in [6.45, 7) is 0. The van der Waals surface area contributed by atoms with Crippen LogP contribution in [0.4, 0.5) is 0 Å². The first-order valence-corrected chi connectivity index (χ1v) is 4.51. The standard InChI is InChI=1S/C11H6N2O2/c14-8-5-4-6-2-1-3-7-9(6)10(8)13-11(15)12-7/h1-5H,(H,12,13,15). The van der Waals surface area contributed by atoms with Crippen molar-refractivity contribution in [3.8, 4) is 0 Å². The third-order valence-corrected chi connectivity index (χ3v) is 2.44. The molecule has 0 unspecified atom stereocenters. The fourth-order valence-corrected chi connectivity index (χ4v) is 1.80. The highest BCUT2D eigenvalue weighted by molar-refractivity contribution is 6.17. The minimum atomic E-state index is -0.488. The summed E-state index contributed by atoms with van der Waals surface area (Å²) in [7, 11) is 0. The fraction of sp³-hybridized carbons (Fsp3) is 0. The van der Waals surface area contributed by atoms with Gasteiger partial charge in [-0.2, -0.15) is 4.98 Å². The van der Waals surface area contributed by atoms with E-state index in [1.807, 2.05) is 12.1 Å². The molecule has 4 heteroatoms. The maximum atomic E-state index is 11.5. The Labute approximate surface area is 84.3 Å². The minimum absolute atomic E-state index is 0.218. The number of hydrogen-bond acceptors (Lipinski definition) is 3. The van der Waals surface area contributed by atoms with Crippen LogP contribution < -0.4 is 5.69 Å². The van der Waals surface area contributed by atoms with Gasteiger partial charge in [0.1, 0.15) is 5.69 Å². The Kier molecular flexibility index (Phi) is 1.42. The molecule has 15 heavy (non-hydrogen) atoms. The van der Waals surface area contributed by atoms with Crippen LogP contribution in [0.2, 0.25) is 0 Å². The van der Waals surface area contributed by atoms with Crippen molar-refractivity contribution in [1.29, 1.82) is 0 Å². The second-order valence-electron chi connectivity index (χ2n) is 3.36. The Bertz CT molecular complexity index is 668. The third-order valence-electron chi connectivity index (χ3n) is 2.44. The van der Waals surface area contributed by atoms with Crippen molar-refractivity contribution in [2.75, 3.05) is 0 Å². The quantitative estimate of drug-likeness (QED) is 0.690. The molecule has 0 bridgehead atoms. The first-order chi connectivity index (χ1) is 7.25. The summed E-state index contributed by atoms with van der Waals surface area (Å²) in [5.41, 5.74) is 1.32. The molecule has 0 saturated carbocycles. The van der Waals surface area contributed by atoms with Crippen LogP contribution in [-0.4, -0.2) is 15.8 Å². The van der Waals surface area contributed by atoms with E-state index in [9.17, 15) is 9.59 Å². The molecule has 0 saturated heterocycles. The Balaban J connectivity index is 2.62. The van der Waals surface area contributed by atoms with Gasteiger partial charge in [-0.15, -0.1) is 0 Å². The van der Waals surface area contributed by atoms with E-state index in [0.717, 1.165) is 10.9 Å². The molecule has 1 aromatic heterocycles. The highest BCUT2D eigenvalue weighted by atomic mass is 16.1. The Morgan fingerprint density at radius 1 is 1.13 bits per heavy atom. The molecule has 4 nitrogen and oxygen atoms in total. The number of aromatic nitrogens is 2. The van der Waals surface area contributed by atoms with Gasteiger partial charge in [-0.25, -0.2) is 4.79 Å². The number of carbonyl (C=O) groups excluding carboxylic acids is 1. The number of nitrogens with zero attached hydrogens (tertiary/aromatic N) is 1. The van der Waals surface area contributed by atoms with Crippen molar-refractivity contribution >= 4 is 22.8 Å². The lowest BCUT2D eigenvalue weighted by Crippen LogP contribution is -2.17. The third kappa shape index (κ3) is 1.05. The molecule has 1 aliphatic rings. The van der Waals surface area contributed by atoms with E-state index < -0.39 is 5.69 Å².